The van der Waals surface area contributed by atoms with Gasteiger partial charge in [0.25, 0.3) is 0 Å². The molecular weight excluding hydrogens is 231 g/mol. The van der Waals surface area contributed by atoms with Crippen LogP contribution in [0.25, 0.3) is 0 Å². The van der Waals surface area contributed by atoms with Gasteiger partial charge in [-0.2, -0.15) is 5.10 Å². The van der Waals surface area contributed by atoms with E-state index in [0.717, 1.165) is 24.4 Å². The zero-order valence-corrected chi connectivity index (χ0v) is 10.4. The largest absolute Gasteiger partial charge is 0.268 e. The lowest BCUT2D eigenvalue weighted by Gasteiger charge is -2.26. The minimum absolute atomic E-state index is 0.306. The average Bonchev–Trinajstić information content (AvgIpc) is 2.59. The van der Waals surface area contributed by atoms with Gasteiger partial charge in [-0.25, -0.2) is 0 Å². The first-order valence-corrected chi connectivity index (χ1v) is 6.39. The number of aromatic nitrogens is 2. The normalized spacial score (nSPS) is 26.9. The summed E-state index contributed by atoms with van der Waals surface area (Å²) in [7, 11) is 0. The molecule has 0 N–H and O–H groups in total. The molecule has 0 saturated heterocycles. The number of aryl methyl sites for hydroxylation is 1. The number of halogens is 2. The molecule has 0 bridgehead atoms. The lowest BCUT2D eigenvalue weighted by Crippen LogP contribution is -2.17. The van der Waals surface area contributed by atoms with Crippen LogP contribution < -0.4 is 0 Å². The summed E-state index contributed by atoms with van der Waals surface area (Å²) in [5, 5.41) is 5.38. The second-order valence-corrected chi connectivity index (χ2v) is 5.18. The van der Waals surface area contributed by atoms with Gasteiger partial charge in [-0.15, -0.1) is 11.6 Å². The van der Waals surface area contributed by atoms with E-state index in [-0.39, 0.29) is 0 Å². The maximum Gasteiger partial charge on any atom is 0.0820 e. The van der Waals surface area contributed by atoms with Crippen molar-refractivity contribution in [2.75, 3.05) is 0 Å². The van der Waals surface area contributed by atoms with E-state index in [2.05, 4.69) is 12.0 Å². The van der Waals surface area contributed by atoms with E-state index in [9.17, 15) is 0 Å². The SMILES string of the molecule is CCn1ncc(Cl)c1C1CCCC(Cl)C1. The molecular formula is C11H16Cl2N2. The quantitative estimate of drug-likeness (QED) is 0.726. The third kappa shape index (κ3) is 2.31. The Bertz CT molecular complexity index is 335. The van der Waals surface area contributed by atoms with Crippen molar-refractivity contribution >= 4 is 23.2 Å². The molecule has 15 heavy (non-hydrogen) atoms. The molecule has 0 amide bonds. The van der Waals surface area contributed by atoms with Crippen LogP contribution in [0.3, 0.4) is 0 Å². The van der Waals surface area contributed by atoms with E-state index in [1.54, 1.807) is 6.20 Å². The monoisotopic (exact) mass is 246 g/mol. The van der Waals surface area contributed by atoms with Gasteiger partial charge in [0.05, 0.1) is 16.9 Å². The van der Waals surface area contributed by atoms with Crippen LogP contribution in [-0.4, -0.2) is 15.2 Å². The highest BCUT2D eigenvalue weighted by molar-refractivity contribution is 6.31. The third-order valence-corrected chi connectivity index (χ3v) is 3.82. The fourth-order valence-electron chi connectivity index (χ4n) is 2.41. The number of hydrogen-bond donors (Lipinski definition) is 0. The fraction of sp³-hybridized carbons (Fsp3) is 0.727. The lowest BCUT2D eigenvalue weighted by molar-refractivity contribution is 0.423. The van der Waals surface area contributed by atoms with Crippen molar-refractivity contribution < 1.29 is 0 Å². The van der Waals surface area contributed by atoms with Crippen LogP contribution in [0.4, 0.5) is 0 Å². The summed E-state index contributed by atoms with van der Waals surface area (Å²) in [6, 6.07) is 0. The molecule has 1 heterocycles. The minimum Gasteiger partial charge on any atom is -0.268 e. The molecule has 1 saturated carbocycles. The molecule has 1 aliphatic rings. The summed E-state index contributed by atoms with van der Waals surface area (Å²) >= 11 is 12.4. The van der Waals surface area contributed by atoms with Crippen molar-refractivity contribution in [1.82, 2.24) is 9.78 Å². The predicted octanol–water partition coefficient (Wildman–Crippen LogP) is 3.82. The molecule has 2 unspecified atom stereocenters. The summed E-state index contributed by atoms with van der Waals surface area (Å²) < 4.78 is 2.00. The van der Waals surface area contributed by atoms with Crippen molar-refractivity contribution in [3.63, 3.8) is 0 Å². The van der Waals surface area contributed by atoms with Gasteiger partial charge in [-0.3, -0.25) is 4.68 Å². The van der Waals surface area contributed by atoms with Crippen molar-refractivity contribution in [1.29, 1.82) is 0 Å². The highest BCUT2D eigenvalue weighted by Gasteiger charge is 2.26. The zero-order chi connectivity index (χ0) is 10.8. The van der Waals surface area contributed by atoms with Gasteiger partial charge in [0.2, 0.25) is 0 Å². The Kier molecular flexibility index (Phi) is 3.57. The van der Waals surface area contributed by atoms with Gasteiger partial charge < -0.3 is 0 Å². The van der Waals surface area contributed by atoms with Gasteiger partial charge in [-0.1, -0.05) is 18.0 Å². The van der Waals surface area contributed by atoms with Crippen molar-refractivity contribution in [2.24, 2.45) is 0 Å². The molecule has 0 spiro atoms. The van der Waals surface area contributed by atoms with Crippen molar-refractivity contribution in [3.05, 3.63) is 16.9 Å². The first-order chi connectivity index (χ1) is 7.22. The van der Waals surface area contributed by atoms with Gasteiger partial charge in [0.1, 0.15) is 0 Å². The Morgan fingerprint density at radius 3 is 3.00 bits per heavy atom. The van der Waals surface area contributed by atoms with E-state index in [0.29, 0.717) is 11.3 Å². The molecule has 1 fully saturated rings. The maximum absolute atomic E-state index is 6.20. The third-order valence-electron chi connectivity index (χ3n) is 3.13. The molecule has 84 valence electrons. The van der Waals surface area contributed by atoms with Crippen molar-refractivity contribution in [2.45, 2.75) is 50.4 Å². The van der Waals surface area contributed by atoms with Gasteiger partial charge in [0, 0.05) is 17.8 Å². The lowest BCUT2D eigenvalue weighted by atomic mass is 9.86. The van der Waals surface area contributed by atoms with E-state index in [1.807, 2.05) is 4.68 Å². The van der Waals surface area contributed by atoms with Crippen LogP contribution in [-0.2, 0) is 6.54 Å². The maximum atomic E-state index is 6.20. The second-order valence-electron chi connectivity index (χ2n) is 4.15. The van der Waals surface area contributed by atoms with E-state index in [4.69, 9.17) is 23.2 Å². The fourth-order valence-corrected chi connectivity index (χ4v) is 3.07. The molecule has 1 aromatic heterocycles. The summed E-state index contributed by atoms with van der Waals surface area (Å²) in [5.41, 5.74) is 1.18. The minimum atomic E-state index is 0.306. The van der Waals surface area contributed by atoms with E-state index >= 15 is 0 Å². The van der Waals surface area contributed by atoms with Crippen LogP contribution in [0.1, 0.15) is 44.2 Å². The van der Waals surface area contributed by atoms with Gasteiger partial charge in [-0.05, 0) is 26.2 Å². The van der Waals surface area contributed by atoms with Crippen LogP contribution in [0.15, 0.2) is 6.20 Å². The van der Waals surface area contributed by atoms with E-state index < -0.39 is 0 Å². The Balaban J connectivity index is 2.23. The molecule has 4 heteroatoms. The molecule has 1 aromatic rings. The molecule has 2 atom stereocenters. The molecule has 0 radical (unpaired) electrons. The number of alkyl halides is 1. The first-order valence-electron chi connectivity index (χ1n) is 5.57. The van der Waals surface area contributed by atoms with Gasteiger partial charge in [0.15, 0.2) is 0 Å². The standard InChI is InChI=1S/C11H16Cl2N2/c1-2-15-11(10(13)7-14-15)8-4-3-5-9(12)6-8/h7-9H,2-6H2,1H3. The van der Waals surface area contributed by atoms with Crippen LogP contribution >= 0.6 is 23.2 Å². The highest BCUT2D eigenvalue weighted by atomic mass is 35.5. The average molecular weight is 247 g/mol. The Morgan fingerprint density at radius 2 is 2.33 bits per heavy atom. The van der Waals surface area contributed by atoms with Crippen molar-refractivity contribution in [3.8, 4) is 0 Å². The Hall–Kier alpha value is -0.210. The first kappa shape index (κ1) is 11.3. The zero-order valence-electron chi connectivity index (χ0n) is 8.92. The van der Waals surface area contributed by atoms with Crippen LogP contribution in [0, 0.1) is 0 Å². The number of nitrogens with zero attached hydrogens (tertiary/aromatic N) is 2. The van der Waals surface area contributed by atoms with Crippen LogP contribution in [0.5, 0.6) is 0 Å². The summed E-state index contributed by atoms with van der Waals surface area (Å²) in [4.78, 5) is 0. The van der Waals surface area contributed by atoms with E-state index in [1.165, 1.54) is 18.5 Å². The smallest absolute Gasteiger partial charge is 0.0820 e. The Labute approximate surface area is 101 Å². The summed E-state index contributed by atoms with van der Waals surface area (Å²) in [6.07, 6.45) is 6.31. The molecule has 0 aliphatic heterocycles. The number of hydrogen-bond acceptors (Lipinski definition) is 1. The second kappa shape index (κ2) is 4.75. The molecule has 0 aromatic carbocycles. The summed E-state index contributed by atoms with van der Waals surface area (Å²) in [5.74, 6) is 0.496. The van der Waals surface area contributed by atoms with Gasteiger partial charge >= 0.3 is 0 Å². The number of rotatable bonds is 2. The topological polar surface area (TPSA) is 17.8 Å². The Morgan fingerprint density at radius 1 is 1.53 bits per heavy atom. The molecule has 2 nitrogen and oxygen atoms in total. The molecule has 1 aliphatic carbocycles. The molecule has 2 rings (SSSR count). The predicted molar refractivity (Wildman–Crippen MR) is 63.8 cm³/mol. The highest BCUT2D eigenvalue weighted by Crippen LogP contribution is 2.37. The van der Waals surface area contributed by atoms with Crippen LogP contribution in [0.2, 0.25) is 5.02 Å². The summed E-state index contributed by atoms with van der Waals surface area (Å²) in [6.45, 7) is 2.97.